The molecule has 0 amide bonds. The quantitative estimate of drug-likeness (QED) is 0.738. The zero-order chi connectivity index (χ0) is 11.5. The lowest BCUT2D eigenvalue weighted by Gasteiger charge is -2.11. The van der Waals surface area contributed by atoms with E-state index in [0.29, 0.717) is 11.3 Å². The number of imidazole rings is 1. The summed E-state index contributed by atoms with van der Waals surface area (Å²) in [6, 6.07) is 5.48. The highest BCUT2D eigenvalue weighted by molar-refractivity contribution is 6.00. The second-order valence-electron chi connectivity index (χ2n) is 3.38. The number of ketones is 1. The van der Waals surface area contributed by atoms with E-state index < -0.39 is 0 Å². The molecule has 0 aliphatic rings. The van der Waals surface area contributed by atoms with Crippen LogP contribution in [0.1, 0.15) is 17.3 Å². The van der Waals surface area contributed by atoms with Gasteiger partial charge in [0.05, 0.1) is 24.7 Å². The summed E-state index contributed by atoms with van der Waals surface area (Å²) in [6.45, 7) is 1.53. The maximum Gasteiger partial charge on any atom is 0.165 e. The molecule has 1 heterocycles. The van der Waals surface area contributed by atoms with E-state index in [1.54, 1.807) is 36.5 Å². The molecule has 4 nitrogen and oxygen atoms in total. The molecule has 0 spiro atoms. The largest absolute Gasteiger partial charge is 0.496 e. The zero-order valence-electron chi connectivity index (χ0n) is 9.18. The lowest BCUT2D eigenvalue weighted by Crippen LogP contribution is -2.04. The normalized spacial score (nSPS) is 10.1. The third-order valence-corrected chi connectivity index (χ3v) is 2.36. The van der Waals surface area contributed by atoms with Gasteiger partial charge in [-0.3, -0.25) is 4.79 Å². The van der Waals surface area contributed by atoms with E-state index in [1.165, 1.54) is 6.92 Å². The Balaban J connectivity index is 2.65. The van der Waals surface area contributed by atoms with Gasteiger partial charge in [0.25, 0.3) is 0 Å². The molecule has 0 fully saturated rings. The van der Waals surface area contributed by atoms with Gasteiger partial charge >= 0.3 is 0 Å². The van der Waals surface area contributed by atoms with Crippen molar-refractivity contribution < 1.29 is 9.53 Å². The van der Waals surface area contributed by atoms with E-state index in [9.17, 15) is 4.79 Å². The number of hydrogen-bond donors (Lipinski definition) is 0. The Kier molecular flexibility index (Phi) is 2.72. The van der Waals surface area contributed by atoms with Gasteiger partial charge in [-0.05, 0) is 19.1 Å². The van der Waals surface area contributed by atoms with E-state index in [1.807, 2.05) is 12.1 Å². The van der Waals surface area contributed by atoms with Crippen molar-refractivity contribution in [3.05, 3.63) is 42.5 Å². The van der Waals surface area contributed by atoms with E-state index in [2.05, 4.69) is 4.98 Å². The van der Waals surface area contributed by atoms with Crippen molar-refractivity contribution in [3.8, 4) is 11.4 Å². The van der Waals surface area contributed by atoms with Crippen LogP contribution in [0.5, 0.6) is 5.75 Å². The summed E-state index contributed by atoms with van der Waals surface area (Å²) in [5.74, 6) is 0.555. The van der Waals surface area contributed by atoms with Crippen molar-refractivity contribution in [3.63, 3.8) is 0 Å². The Hall–Kier alpha value is -2.10. The standard InChI is InChI=1S/C12H12N2O2/c1-9(15)12-10(14-7-6-13-8-14)4-3-5-11(12)16-2/h3-8H,1-2H3. The first-order valence-corrected chi connectivity index (χ1v) is 4.90. The minimum atomic E-state index is -0.0267. The van der Waals surface area contributed by atoms with Gasteiger partial charge in [0.2, 0.25) is 0 Å². The molecule has 0 atom stereocenters. The summed E-state index contributed by atoms with van der Waals surface area (Å²) in [6.07, 6.45) is 5.12. The number of carbonyl (C=O) groups is 1. The summed E-state index contributed by atoms with van der Waals surface area (Å²) >= 11 is 0. The molecule has 2 aromatic rings. The molecule has 0 saturated carbocycles. The van der Waals surface area contributed by atoms with Crippen LogP contribution in [0.4, 0.5) is 0 Å². The molecule has 0 aliphatic heterocycles. The number of ether oxygens (including phenoxy) is 1. The number of methoxy groups -OCH3 is 1. The van der Waals surface area contributed by atoms with Gasteiger partial charge in [-0.1, -0.05) is 6.07 Å². The predicted molar refractivity (Wildman–Crippen MR) is 60.1 cm³/mol. The summed E-state index contributed by atoms with van der Waals surface area (Å²) in [5, 5.41) is 0. The Morgan fingerprint density at radius 3 is 2.81 bits per heavy atom. The maximum atomic E-state index is 11.6. The van der Waals surface area contributed by atoms with E-state index in [-0.39, 0.29) is 5.78 Å². The fraction of sp³-hybridized carbons (Fsp3) is 0.167. The van der Waals surface area contributed by atoms with Crippen LogP contribution in [0.3, 0.4) is 0 Å². The molecular weight excluding hydrogens is 204 g/mol. The molecule has 0 unspecified atom stereocenters. The first-order chi connectivity index (χ1) is 7.74. The second kappa shape index (κ2) is 4.18. The number of carbonyl (C=O) groups excluding carboxylic acids is 1. The average molecular weight is 216 g/mol. The highest BCUT2D eigenvalue weighted by Gasteiger charge is 2.14. The third-order valence-electron chi connectivity index (χ3n) is 2.36. The molecule has 82 valence electrons. The smallest absolute Gasteiger partial charge is 0.165 e. The van der Waals surface area contributed by atoms with E-state index >= 15 is 0 Å². The summed E-state index contributed by atoms with van der Waals surface area (Å²) in [7, 11) is 1.56. The number of benzene rings is 1. The van der Waals surface area contributed by atoms with Crippen LogP contribution in [0.2, 0.25) is 0 Å². The highest BCUT2D eigenvalue weighted by Crippen LogP contribution is 2.25. The molecule has 1 aromatic heterocycles. The van der Waals surface area contributed by atoms with Gasteiger partial charge < -0.3 is 9.30 Å². The van der Waals surface area contributed by atoms with Crippen molar-refractivity contribution in [2.45, 2.75) is 6.92 Å². The van der Waals surface area contributed by atoms with Crippen molar-refractivity contribution in [1.29, 1.82) is 0 Å². The van der Waals surface area contributed by atoms with Crippen molar-refractivity contribution >= 4 is 5.78 Å². The van der Waals surface area contributed by atoms with Crippen LogP contribution in [-0.4, -0.2) is 22.4 Å². The zero-order valence-corrected chi connectivity index (χ0v) is 9.18. The van der Waals surface area contributed by atoms with Crippen LogP contribution >= 0.6 is 0 Å². The number of rotatable bonds is 3. The monoisotopic (exact) mass is 216 g/mol. The molecule has 16 heavy (non-hydrogen) atoms. The molecular formula is C12H12N2O2. The van der Waals surface area contributed by atoms with E-state index in [0.717, 1.165) is 5.69 Å². The van der Waals surface area contributed by atoms with E-state index in [4.69, 9.17) is 4.74 Å². The molecule has 0 radical (unpaired) electrons. The number of Topliss-reactive ketones (excluding diaryl/α,β-unsaturated/α-hetero) is 1. The summed E-state index contributed by atoms with van der Waals surface area (Å²) in [5.41, 5.74) is 1.35. The maximum absolute atomic E-state index is 11.6. The summed E-state index contributed by atoms with van der Waals surface area (Å²) < 4.78 is 6.98. The Bertz CT molecular complexity index is 504. The van der Waals surface area contributed by atoms with Gasteiger partial charge in [0.15, 0.2) is 5.78 Å². The molecule has 0 bridgehead atoms. The number of nitrogens with zero attached hydrogens (tertiary/aromatic N) is 2. The molecule has 0 saturated heterocycles. The minimum Gasteiger partial charge on any atom is -0.496 e. The Morgan fingerprint density at radius 2 is 2.25 bits per heavy atom. The van der Waals surface area contributed by atoms with Crippen molar-refractivity contribution in [1.82, 2.24) is 9.55 Å². The van der Waals surface area contributed by atoms with Gasteiger partial charge in [0, 0.05) is 12.4 Å². The Morgan fingerprint density at radius 1 is 1.44 bits per heavy atom. The Labute approximate surface area is 93.5 Å². The fourth-order valence-electron chi connectivity index (χ4n) is 1.66. The topological polar surface area (TPSA) is 44.1 Å². The van der Waals surface area contributed by atoms with Crippen LogP contribution in [-0.2, 0) is 0 Å². The molecule has 0 aliphatic carbocycles. The van der Waals surface area contributed by atoms with Gasteiger partial charge in [-0.2, -0.15) is 0 Å². The van der Waals surface area contributed by atoms with Gasteiger partial charge in [-0.15, -0.1) is 0 Å². The number of aromatic nitrogens is 2. The molecule has 0 N–H and O–H groups in total. The van der Waals surface area contributed by atoms with Gasteiger partial charge in [-0.25, -0.2) is 4.98 Å². The predicted octanol–water partition coefficient (Wildman–Crippen LogP) is 2.08. The van der Waals surface area contributed by atoms with Crippen LogP contribution < -0.4 is 4.74 Å². The molecule has 4 heteroatoms. The second-order valence-corrected chi connectivity index (χ2v) is 3.38. The summed E-state index contributed by atoms with van der Waals surface area (Å²) in [4.78, 5) is 15.6. The lowest BCUT2D eigenvalue weighted by atomic mass is 10.1. The highest BCUT2D eigenvalue weighted by atomic mass is 16.5. The van der Waals surface area contributed by atoms with Gasteiger partial charge in [0.1, 0.15) is 5.75 Å². The fourth-order valence-corrected chi connectivity index (χ4v) is 1.66. The minimum absolute atomic E-state index is 0.0267. The van der Waals surface area contributed by atoms with Crippen molar-refractivity contribution in [2.75, 3.05) is 7.11 Å². The average Bonchev–Trinajstić information content (AvgIpc) is 2.81. The van der Waals surface area contributed by atoms with Crippen LogP contribution in [0, 0.1) is 0 Å². The molecule has 2 rings (SSSR count). The first-order valence-electron chi connectivity index (χ1n) is 4.90. The van der Waals surface area contributed by atoms with Crippen molar-refractivity contribution in [2.24, 2.45) is 0 Å². The number of hydrogen-bond acceptors (Lipinski definition) is 3. The van der Waals surface area contributed by atoms with Crippen LogP contribution in [0.25, 0.3) is 5.69 Å². The van der Waals surface area contributed by atoms with Crippen LogP contribution in [0.15, 0.2) is 36.9 Å². The molecule has 1 aromatic carbocycles. The lowest BCUT2D eigenvalue weighted by molar-refractivity contribution is 0.101. The third kappa shape index (κ3) is 1.69. The SMILES string of the molecule is COc1cccc(-n2ccnc2)c1C(C)=O. The first kappa shape index (κ1) is 10.4.